The summed E-state index contributed by atoms with van der Waals surface area (Å²) in [5.74, 6) is 0.0711. The minimum Gasteiger partial charge on any atom is -0.478 e. The van der Waals surface area contributed by atoms with Crippen molar-refractivity contribution in [3.05, 3.63) is 35.4 Å². The Bertz CT molecular complexity index is 400. The van der Waals surface area contributed by atoms with Crippen molar-refractivity contribution in [2.75, 3.05) is 0 Å². The molecule has 1 saturated carbocycles. The number of aromatic carboxylic acids is 1. The van der Waals surface area contributed by atoms with E-state index in [2.05, 4.69) is 0 Å². The molecule has 1 aromatic carbocycles. The minimum absolute atomic E-state index is 0.208. The average Bonchev–Trinajstić information content (AvgIpc) is 2.39. The van der Waals surface area contributed by atoms with Crippen LogP contribution in [0.2, 0.25) is 0 Å². The normalized spacial score (nSPS) is 25.7. The highest BCUT2D eigenvalue weighted by molar-refractivity contribution is 5.87. The first-order valence-electron chi connectivity index (χ1n) is 6.59. The summed E-state index contributed by atoms with van der Waals surface area (Å²) in [5, 5.41) is 18.4. The quantitative estimate of drug-likeness (QED) is 0.864. The monoisotopic (exact) mass is 248 g/mol. The predicted molar refractivity (Wildman–Crippen MR) is 69.8 cm³/mol. The van der Waals surface area contributed by atoms with Crippen LogP contribution >= 0.6 is 0 Å². The summed E-state index contributed by atoms with van der Waals surface area (Å²) >= 11 is 0. The molecular weight excluding hydrogens is 228 g/mol. The van der Waals surface area contributed by atoms with E-state index in [1.807, 2.05) is 19.1 Å². The summed E-state index contributed by atoms with van der Waals surface area (Å²) in [5.41, 5.74) is 1.57. The first-order valence-corrected chi connectivity index (χ1v) is 6.59. The van der Waals surface area contributed by atoms with Crippen molar-refractivity contribution in [2.45, 2.75) is 44.6 Å². The van der Waals surface area contributed by atoms with Gasteiger partial charge in [-0.3, -0.25) is 0 Å². The maximum absolute atomic E-state index is 10.8. The van der Waals surface area contributed by atoms with E-state index in [4.69, 9.17) is 5.11 Å². The second-order valence-electron chi connectivity index (χ2n) is 5.28. The third-order valence-electron chi connectivity index (χ3n) is 4.08. The summed E-state index contributed by atoms with van der Waals surface area (Å²) in [4.78, 5) is 10.8. The molecule has 1 atom stereocenters. The van der Waals surface area contributed by atoms with Crippen LogP contribution in [-0.4, -0.2) is 22.3 Å². The summed E-state index contributed by atoms with van der Waals surface area (Å²) in [6.45, 7) is 1.87. The highest BCUT2D eigenvalue weighted by Gasteiger charge is 2.25. The fraction of sp³-hybridized carbons (Fsp3) is 0.533. The molecule has 2 N–H and O–H groups in total. The molecule has 0 spiro atoms. The van der Waals surface area contributed by atoms with Crippen molar-refractivity contribution in [1.29, 1.82) is 0 Å². The zero-order chi connectivity index (χ0) is 13.1. The maximum Gasteiger partial charge on any atom is 0.335 e. The van der Waals surface area contributed by atoms with Crippen molar-refractivity contribution in [3.63, 3.8) is 0 Å². The fourth-order valence-corrected chi connectivity index (χ4v) is 2.83. The molecule has 1 aliphatic carbocycles. The Labute approximate surface area is 107 Å². The van der Waals surface area contributed by atoms with Crippen LogP contribution < -0.4 is 0 Å². The minimum atomic E-state index is -0.876. The predicted octanol–water partition coefficient (Wildman–Crippen LogP) is 3.04. The number of carboxylic acids is 1. The van der Waals surface area contributed by atoms with Crippen LogP contribution in [0.3, 0.4) is 0 Å². The second-order valence-corrected chi connectivity index (χ2v) is 5.28. The molecule has 1 aromatic rings. The van der Waals surface area contributed by atoms with E-state index < -0.39 is 5.97 Å². The van der Waals surface area contributed by atoms with Gasteiger partial charge in [0, 0.05) is 0 Å². The maximum atomic E-state index is 10.8. The van der Waals surface area contributed by atoms with Gasteiger partial charge in [0.25, 0.3) is 0 Å². The number of carbonyl (C=O) groups is 1. The van der Waals surface area contributed by atoms with Crippen LogP contribution in [0.4, 0.5) is 0 Å². The largest absolute Gasteiger partial charge is 0.478 e. The van der Waals surface area contributed by atoms with Crippen LogP contribution in [0, 0.1) is 5.92 Å². The van der Waals surface area contributed by atoms with Crippen molar-refractivity contribution in [3.8, 4) is 0 Å². The van der Waals surface area contributed by atoms with Crippen molar-refractivity contribution < 1.29 is 15.0 Å². The van der Waals surface area contributed by atoms with Crippen LogP contribution in [0.1, 0.15) is 54.4 Å². The zero-order valence-electron chi connectivity index (χ0n) is 10.7. The molecule has 0 bridgehead atoms. The van der Waals surface area contributed by atoms with Gasteiger partial charge in [-0.2, -0.15) is 0 Å². The van der Waals surface area contributed by atoms with Gasteiger partial charge >= 0.3 is 5.97 Å². The molecule has 1 unspecified atom stereocenters. The molecule has 0 saturated heterocycles. The number of hydrogen-bond donors (Lipinski definition) is 2. The topological polar surface area (TPSA) is 57.5 Å². The SMILES string of the molecule is CC(O)C1CCC(c2ccc(C(=O)O)cc2)CC1. The van der Waals surface area contributed by atoms with E-state index >= 15 is 0 Å². The molecule has 0 aliphatic heterocycles. The first kappa shape index (κ1) is 13.1. The smallest absolute Gasteiger partial charge is 0.335 e. The fourth-order valence-electron chi connectivity index (χ4n) is 2.83. The Kier molecular flexibility index (Phi) is 4.02. The summed E-state index contributed by atoms with van der Waals surface area (Å²) in [7, 11) is 0. The molecule has 0 heterocycles. The van der Waals surface area contributed by atoms with E-state index in [9.17, 15) is 9.90 Å². The van der Waals surface area contributed by atoms with E-state index in [0.717, 1.165) is 25.7 Å². The lowest BCUT2D eigenvalue weighted by Gasteiger charge is -2.30. The van der Waals surface area contributed by atoms with Gasteiger partial charge in [0.15, 0.2) is 0 Å². The zero-order valence-corrected chi connectivity index (χ0v) is 10.7. The van der Waals surface area contributed by atoms with Crippen molar-refractivity contribution >= 4 is 5.97 Å². The third kappa shape index (κ3) is 2.91. The second kappa shape index (κ2) is 5.53. The lowest BCUT2D eigenvalue weighted by atomic mass is 9.77. The van der Waals surface area contributed by atoms with Gasteiger partial charge in [-0.1, -0.05) is 12.1 Å². The van der Waals surface area contributed by atoms with Crippen molar-refractivity contribution in [2.24, 2.45) is 5.92 Å². The molecule has 1 aliphatic rings. The molecule has 0 amide bonds. The van der Waals surface area contributed by atoms with E-state index in [0.29, 0.717) is 17.4 Å². The molecule has 18 heavy (non-hydrogen) atoms. The lowest BCUT2D eigenvalue weighted by molar-refractivity contribution is 0.0696. The van der Waals surface area contributed by atoms with Gasteiger partial charge < -0.3 is 10.2 Å². The first-order chi connectivity index (χ1) is 8.58. The van der Waals surface area contributed by atoms with Gasteiger partial charge in [-0.15, -0.1) is 0 Å². The summed E-state index contributed by atoms with van der Waals surface area (Å²) < 4.78 is 0. The summed E-state index contributed by atoms with van der Waals surface area (Å²) in [6.07, 6.45) is 4.08. The molecule has 98 valence electrons. The Hall–Kier alpha value is -1.35. The van der Waals surface area contributed by atoms with Gasteiger partial charge in [0.05, 0.1) is 11.7 Å². The molecule has 0 aromatic heterocycles. The third-order valence-corrected chi connectivity index (χ3v) is 4.08. The standard InChI is InChI=1S/C15H20O3/c1-10(16)11-2-4-12(5-3-11)13-6-8-14(9-7-13)15(17)18/h6-12,16H,2-5H2,1H3,(H,17,18). The molecule has 0 radical (unpaired) electrons. The van der Waals surface area contributed by atoms with E-state index in [1.165, 1.54) is 5.56 Å². The van der Waals surface area contributed by atoms with Gasteiger partial charge in [-0.25, -0.2) is 4.79 Å². The Morgan fingerprint density at radius 1 is 1.17 bits per heavy atom. The van der Waals surface area contributed by atoms with E-state index in [-0.39, 0.29) is 6.10 Å². The molecule has 2 rings (SSSR count). The molecule has 3 nitrogen and oxygen atoms in total. The molecule has 3 heteroatoms. The van der Waals surface area contributed by atoms with Crippen LogP contribution in [0.25, 0.3) is 0 Å². The average molecular weight is 248 g/mol. The van der Waals surface area contributed by atoms with Gasteiger partial charge in [0.2, 0.25) is 0 Å². The number of carboxylic acid groups (broad SMARTS) is 1. The number of aliphatic hydroxyl groups is 1. The van der Waals surface area contributed by atoms with Crippen LogP contribution in [0.15, 0.2) is 24.3 Å². The molecular formula is C15H20O3. The number of aliphatic hydroxyl groups excluding tert-OH is 1. The number of rotatable bonds is 3. The van der Waals surface area contributed by atoms with E-state index in [1.54, 1.807) is 12.1 Å². The van der Waals surface area contributed by atoms with Crippen LogP contribution in [-0.2, 0) is 0 Å². The number of hydrogen-bond acceptors (Lipinski definition) is 2. The number of benzene rings is 1. The highest BCUT2D eigenvalue weighted by atomic mass is 16.4. The van der Waals surface area contributed by atoms with Crippen molar-refractivity contribution in [1.82, 2.24) is 0 Å². The summed E-state index contributed by atoms with van der Waals surface area (Å²) in [6, 6.07) is 7.21. The highest BCUT2D eigenvalue weighted by Crippen LogP contribution is 2.36. The van der Waals surface area contributed by atoms with Gasteiger partial charge in [-0.05, 0) is 62.1 Å². The van der Waals surface area contributed by atoms with Gasteiger partial charge in [0.1, 0.15) is 0 Å². The Morgan fingerprint density at radius 3 is 2.17 bits per heavy atom. The molecule has 1 fully saturated rings. The lowest BCUT2D eigenvalue weighted by Crippen LogP contribution is -2.22. The Morgan fingerprint density at radius 2 is 1.72 bits per heavy atom. The van der Waals surface area contributed by atoms with Crippen LogP contribution in [0.5, 0.6) is 0 Å². The Balaban J connectivity index is 1.99.